The van der Waals surface area contributed by atoms with E-state index in [9.17, 15) is 4.79 Å². The summed E-state index contributed by atoms with van der Waals surface area (Å²) in [5.41, 5.74) is 2.19. The number of nitrogens with zero attached hydrogens (tertiary/aromatic N) is 2. The van der Waals surface area contributed by atoms with E-state index in [-0.39, 0.29) is 11.8 Å². The number of nitriles is 1. The molecule has 1 aromatic rings. The van der Waals surface area contributed by atoms with Crippen LogP contribution in [0.15, 0.2) is 18.2 Å². The van der Waals surface area contributed by atoms with E-state index in [4.69, 9.17) is 16.9 Å². The molecule has 1 atom stereocenters. The van der Waals surface area contributed by atoms with Gasteiger partial charge >= 0.3 is 0 Å². The fraction of sp³-hybridized carbons (Fsp3) is 0.385. The predicted octanol–water partition coefficient (Wildman–Crippen LogP) is 2.46. The Hall–Kier alpha value is -1.53. The molecule has 1 heterocycles. The van der Waals surface area contributed by atoms with Crippen LogP contribution in [0.3, 0.4) is 0 Å². The molecule has 17 heavy (non-hydrogen) atoms. The molecule has 0 N–H and O–H groups in total. The second kappa shape index (κ2) is 4.77. The Kier molecular flexibility index (Phi) is 3.35. The molecule has 3 nitrogen and oxygen atoms in total. The Morgan fingerprint density at radius 1 is 1.59 bits per heavy atom. The first kappa shape index (κ1) is 11.9. The van der Waals surface area contributed by atoms with E-state index >= 15 is 0 Å². The number of hydrogen-bond acceptors (Lipinski definition) is 2. The standard InChI is InChI=1S/C13H13ClN2O/c1-9-3-2-4-12(11(9)7-15)16-8-10(6-14)5-13(16)17/h2-4,10H,5-6,8H2,1H3. The summed E-state index contributed by atoms with van der Waals surface area (Å²) >= 11 is 5.79. The fourth-order valence-corrected chi connectivity index (χ4v) is 2.35. The molecule has 0 bridgehead atoms. The first-order chi connectivity index (χ1) is 8.17. The van der Waals surface area contributed by atoms with Gasteiger partial charge in [-0.25, -0.2) is 0 Å². The molecule has 0 spiro atoms. The van der Waals surface area contributed by atoms with Crippen LogP contribution >= 0.6 is 11.6 Å². The van der Waals surface area contributed by atoms with E-state index in [1.54, 1.807) is 4.90 Å². The molecule has 1 saturated heterocycles. The summed E-state index contributed by atoms with van der Waals surface area (Å²) in [5.74, 6) is 0.727. The summed E-state index contributed by atoms with van der Waals surface area (Å²) in [6, 6.07) is 7.73. The molecule has 1 aliphatic heterocycles. The molecule has 1 fully saturated rings. The highest BCUT2D eigenvalue weighted by Gasteiger charge is 2.31. The van der Waals surface area contributed by atoms with Crippen molar-refractivity contribution in [2.45, 2.75) is 13.3 Å². The third kappa shape index (κ3) is 2.13. The number of alkyl halides is 1. The van der Waals surface area contributed by atoms with E-state index in [1.807, 2.05) is 25.1 Å². The minimum absolute atomic E-state index is 0.0535. The molecule has 1 amide bonds. The van der Waals surface area contributed by atoms with Gasteiger partial charge in [0.05, 0.1) is 11.3 Å². The van der Waals surface area contributed by atoms with Gasteiger partial charge in [0.15, 0.2) is 0 Å². The molecular formula is C13H13ClN2O. The highest BCUT2D eigenvalue weighted by molar-refractivity contribution is 6.18. The minimum atomic E-state index is 0.0535. The predicted molar refractivity (Wildman–Crippen MR) is 67.1 cm³/mol. The summed E-state index contributed by atoms with van der Waals surface area (Å²) in [6.07, 6.45) is 0.475. The maximum atomic E-state index is 11.9. The Labute approximate surface area is 106 Å². The van der Waals surface area contributed by atoms with Crippen LogP contribution in [-0.2, 0) is 4.79 Å². The van der Waals surface area contributed by atoms with E-state index in [2.05, 4.69) is 6.07 Å². The molecular weight excluding hydrogens is 236 g/mol. The van der Waals surface area contributed by atoms with E-state index in [0.29, 0.717) is 30.1 Å². The molecule has 4 heteroatoms. The Bertz CT molecular complexity index is 493. The highest BCUT2D eigenvalue weighted by Crippen LogP contribution is 2.29. The van der Waals surface area contributed by atoms with Crippen molar-refractivity contribution in [2.24, 2.45) is 5.92 Å². The van der Waals surface area contributed by atoms with Gasteiger partial charge in [0, 0.05) is 18.8 Å². The number of anilines is 1. The number of benzene rings is 1. The van der Waals surface area contributed by atoms with Gasteiger partial charge in [0.2, 0.25) is 5.91 Å². The number of aryl methyl sites for hydroxylation is 1. The number of hydrogen-bond donors (Lipinski definition) is 0. The van der Waals surface area contributed by atoms with Crippen molar-refractivity contribution in [3.63, 3.8) is 0 Å². The first-order valence-electron chi connectivity index (χ1n) is 5.53. The van der Waals surface area contributed by atoms with Crippen molar-refractivity contribution < 1.29 is 4.79 Å². The molecule has 1 unspecified atom stereocenters. The minimum Gasteiger partial charge on any atom is -0.311 e. The quantitative estimate of drug-likeness (QED) is 0.755. The zero-order valence-electron chi connectivity index (χ0n) is 9.61. The molecule has 0 radical (unpaired) electrons. The van der Waals surface area contributed by atoms with Crippen LogP contribution in [-0.4, -0.2) is 18.3 Å². The van der Waals surface area contributed by atoms with Crippen LogP contribution in [0.4, 0.5) is 5.69 Å². The number of rotatable bonds is 2. The summed E-state index contributed by atoms with van der Waals surface area (Å²) in [5, 5.41) is 9.15. The lowest BCUT2D eigenvalue weighted by molar-refractivity contribution is -0.117. The van der Waals surface area contributed by atoms with Crippen LogP contribution in [0.25, 0.3) is 0 Å². The van der Waals surface area contributed by atoms with Crippen LogP contribution in [0.2, 0.25) is 0 Å². The van der Waals surface area contributed by atoms with Crippen LogP contribution < -0.4 is 4.90 Å². The van der Waals surface area contributed by atoms with Crippen molar-refractivity contribution in [3.05, 3.63) is 29.3 Å². The molecule has 0 saturated carbocycles. The van der Waals surface area contributed by atoms with E-state index in [1.165, 1.54) is 0 Å². The zero-order valence-corrected chi connectivity index (χ0v) is 10.4. The summed E-state index contributed by atoms with van der Waals surface area (Å²) in [7, 11) is 0. The van der Waals surface area contributed by atoms with Gasteiger partial charge in [-0.15, -0.1) is 11.6 Å². The second-order valence-electron chi connectivity index (χ2n) is 4.31. The SMILES string of the molecule is Cc1cccc(N2CC(CCl)CC2=O)c1C#N. The number of carbonyl (C=O) groups excluding carboxylic acids is 1. The molecule has 0 aliphatic carbocycles. The van der Waals surface area contributed by atoms with Gasteiger partial charge in [-0.2, -0.15) is 5.26 Å². The molecule has 1 aromatic carbocycles. The van der Waals surface area contributed by atoms with Crippen molar-refractivity contribution in [1.82, 2.24) is 0 Å². The number of halogens is 1. The Morgan fingerprint density at radius 3 is 2.94 bits per heavy atom. The average Bonchev–Trinajstić information content (AvgIpc) is 2.70. The van der Waals surface area contributed by atoms with Crippen molar-refractivity contribution in [3.8, 4) is 6.07 Å². The van der Waals surface area contributed by atoms with Crippen LogP contribution in [0.5, 0.6) is 0 Å². The van der Waals surface area contributed by atoms with E-state index < -0.39 is 0 Å². The molecule has 2 rings (SSSR count). The van der Waals surface area contributed by atoms with Crippen LogP contribution in [0, 0.1) is 24.2 Å². The van der Waals surface area contributed by atoms with Crippen molar-refractivity contribution in [2.75, 3.05) is 17.3 Å². The van der Waals surface area contributed by atoms with Crippen molar-refractivity contribution in [1.29, 1.82) is 5.26 Å². The summed E-state index contributed by atoms with van der Waals surface area (Å²) in [6.45, 7) is 2.49. The smallest absolute Gasteiger partial charge is 0.227 e. The maximum Gasteiger partial charge on any atom is 0.227 e. The molecule has 88 valence electrons. The summed E-state index contributed by atoms with van der Waals surface area (Å²) < 4.78 is 0. The lowest BCUT2D eigenvalue weighted by atomic mass is 10.1. The average molecular weight is 249 g/mol. The van der Waals surface area contributed by atoms with Gasteiger partial charge < -0.3 is 4.90 Å². The maximum absolute atomic E-state index is 11.9. The number of carbonyl (C=O) groups is 1. The van der Waals surface area contributed by atoms with Gasteiger partial charge in [-0.05, 0) is 24.5 Å². The highest BCUT2D eigenvalue weighted by atomic mass is 35.5. The fourth-order valence-electron chi connectivity index (χ4n) is 2.14. The Morgan fingerprint density at radius 2 is 2.35 bits per heavy atom. The first-order valence-corrected chi connectivity index (χ1v) is 6.07. The van der Waals surface area contributed by atoms with Gasteiger partial charge in [-0.1, -0.05) is 12.1 Å². The Balaban J connectivity index is 2.39. The normalized spacial score (nSPS) is 19.5. The van der Waals surface area contributed by atoms with Crippen molar-refractivity contribution >= 4 is 23.2 Å². The third-order valence-electron chi connectivity index (χ3n) is 3.08. The topological polar surface area (TPSA) is 44.1 Å². The second-order valence-corrected chi connectivity index (χ2v) is 4.62. The lowest BCUT2D eigenvalue weighted by Gasteiger charge is -2.18. The van der Waals surface area contributed by atoms with Gasteiger partial charge in [0.1, 0.15) is 6.07 Å². The number of amides is 1. The van der Waals surface area contributed by atoms with E-state index in [0.717, 1.165) is 5.56 Å². The molecule has 0 aromatic heterocycles. The largest absolute Gasteiger partial charge is 0.311 e. The zero-order chi connectivity index (χ0) is 12.4. The lowest BCUT2D eigenvalue weighted by Crippen LogP contribution is -2.25. The third-order valence-corrected chi connectivity index (χ3v) is 3.51. The monoisotopic (exact) mass is 248 g/mol. The van der Waals surface area contributed by atoms with Gasteiger partial charge in [0.25, 0.3) is 0 Å². The summed E-state index contributed by atoms with van der Waals surface area (Å²) in [4.78, 5) is 13.6. The van der Waals surface area contributed by atoms with Gasteiger partial charge in [-0.3, -0.25) is 4.79 Å². The molecule has 1 aliphatic rings. The van der Waals surface area contributed by atoms with Crippen LogP contribution in [0.1, 0.15) is 17.5 Å².